The van der Waals surface area contributed by atoms with Crippen LogP contribution in [0.4, 0.5) is 8.78 Å². The summed E-state index contributed by atoms with van der Waals surface area (Å²) in [5.41, 5.74) is -1.90. The van der Waals surface area contributed by atoms with Crippen LogP contribution >= 0.6 is 11.6 Å². The van der Waals surface area contributed by atoms with Gasteiger partial charge in [-0.1, -0.05) is 11.6 Å². The highest BCUT2D eigenvalue weighted by molar-refractivity contribution is 6.31. The highest BCUT2D eigenvalue weighted by Gasteiger charge is 2.35. The highest BCUT2D eigenvalue weighted by Crippen LogP contribution is 2.33. The minimum Gasteiger partial charge on any atom is -0.481 e. The zero-order valence-electron chi connectivity index (χ0n) is 8.14. The van der Waals surface area contributed by atoms with Gasteiger partial charge >= 0.3 is 5.97 Å². The van der Waals surface area contributed by atoms with E-state index in [0.29, 0.717) is 0 Å². The molecular formula is C10H9ClF2O2. The van der Waals surface area contributed by atoms with Crippen LogP contribution in [-0.4, -0.2) is 11.1 Å². The van der Waals surface area contributed by atoms with Gasteiger partial charge in [-0.05, 0) is 26.0 Å². The lowest BCUT2D eigenvalue weighted by atomic mass is 9.84. The molecule has 2 nitrogen and oxygen atoms in total. The van der Waals surface area contributed by atoms with Crippen LogP contribution in [0.15, 0.2) is 12.1 Å². The molecule has 0 saturated carbocycles. The van der Waals surface area contributed by atoms with E-state index in [9.17, 15) is 13.6 Å². The number of benzene rings is 1. The van der Waals surface area contributed by atoms with Crippen molar-refractivity contribution in [3.63, 3.8) is 0 Å². The Morgan fingerprint density at radius 1 is 1.33 bits per heavy atom. The molecule has 0 aliphatic rings. The Balaban J connectivity index is 3.49. The number of rotatable bonds is 2. The first kappa shape index (κ1) is 11.9. The van der Waals surface area contributed by atoms with E-state index in [2.05, 4.69) is 0 Å². The maximum Gasteiger partial charge on any atom is 0.313 e. The van der Waals surface area contributed by atoms with E-state index in [1.807, 2.05) is 0 Å². The highest BCUT2D eigenvalue weighted by atomic mass is 35.5. The summed E-state index contributed by atoms with van der Waals surface area (Å²) < 4.78 is 26.4. The molecule has 0 fully saturated rings. The molecule has 82 valence electrons. The molecule has 0 atom stereocenters. The summed E-state index contributed by atoms with van der Waals surface area (Å²) in [5.74, 6) is -2.93. The van der Waals surface area contributed by atoms with Crippen LogP contribution in [0, 0.1) is 11.6 Å². The first-order valence-electron chi connectivity index (χ1n) is 4.16. The van der Waals surface area contributed by atoms with Crippen molar-refractivity contribution < 1.29 is 18.7 Å². The molecule has 0 aromatic heterocycles. The third-order valence-electron chi connectivity index (χ3n) is 2.20. The number of aliphatic carboxylic acids is 1. The lowest BCUT2D eigenvalue weighted by Crippen LogP contribution is -2.30. The molecule has 0 amide bonds. The topological polar surface area (TPSA) is 37.3 Å². The Labute approximate surface area is 90.5 Å². The van der Waals surface area contributed by atoms with E-state index in [1.54, 1.807) is 0 Å². The molecule has 15 heavy (non-hydrogen) atoms. The van der Waals surface area contributed by atoms with Gasteiger partial charge in [-0.15, -0.1) is 0 Å². The maximum atomic E-state index is 13.4. The summed E-state index contributed by atoms with van der Waals surface area (Å²) in [6.45, 7) is 2.53. The van der Waals surface area contributed by atoms with Crippen LogP contribution in [-0.2, 0) is 10.2 Å². The van der Waals surface area contributed by atoms with Gasteiger partial charge in [0, 0.05) is 5.56 Å². The second-order valence-electron chi connectivity index (χ2n) is 3.65. The number of hydrogen-bond donors (Lipinski definition) is 1. The van der Waals surface area contributed by atoms with Gasteiger partial charge < -0.3 is 5.11 Å². The second-order valence-corrected chi connectivity index (χ2v) is 4.03. The molecule has 1 rings (SSSR count). The van der Waals surface area contributed by atoms with Gasteiger partial charge in [-0.3, -0.25) is 4.79 Å². The molecular weight excluding hydrogens is 226 g/mol. The van der Waals surface area contributed by atoms with Crippen LogP contribution in [0.2, 0.25) is 5.02 Å². The fraction of sp³-hybridized carbons (Fsp3) is 0.300. The summed E-state index contributed by atoms with van der Waals surface area (Å²) in [5, 5.41) is 8.40. The van der Waals surface area contributed by atoms with Crippen LogP contribution < -0.4 is 0 Å². The number of carboxylic acids is 1. The van der Waals surface area contributed by atoms with Gasteiger partial charge in [0.1, 0.15) is 11.6 Å². The van der Waals surface area contributed by atoms with Crippen molar-refractivity contribution in [2.24, 2.45) is 0 Å². The van der Waals surface area contributed by atoms with Crippen LogP contribution in [0.25, 0.3) is 0 Å². The largest absolute Gasteiger partial charge is 0.481 e. The zero-order chi connectivity index (χ0) is 11.8. The Bertz CT molecular complexity index is 416. The molecule has 1 aromatic carbocycles. The van der Waals surface area contributed by atoms with E-state index in [4.69, 9.17) is 16.7 Å². The molecule has 0 aliphatic heterocycles. The van der Waals surface area contributed by atoms with Crippen molar-refractivity contribution in [2.75, 3.05) is 0 Å². The quantitative estimate of drug-likeness (QED) is 0.799. The first-order valence-corrected chi connectivity index (χ1v) is 4.53. The van der Waals surface area contributed by atoms with E-state index in [1.165, 1.54) is 13.8 Å². The Morgan fingerprint density at radius 3 is 2.27 bits per heavy atom. The predicted molar refractivity (Wildman–Crippen MR) is 52.0 cm³/mol. The smallest absolute Gasteiger partial charge is 0.313 e. The standard InChI is InChI=1S/C10H9ClF2O2/c1-10(2,9(14)15)7-5(12)3-4-6(13)8(7)11/h3-4H,1-2H3,(H,14,15). The predicted octanol–water partition coefficient (Wildman–Crippen LogP) is 2.98. The average molecular weight is 235 g/mol. The van der Waals surface area contributed by atoms with Crippen molar-refractivity contribution >= 4 is 17.6 Å². The van der Waals surface area contributed by atoms with Crippen molar-refractivity contribution in [1.82, 2.24) is 0 Å². The normalized spacial score (nSPS) is 11.5. The van der Waals surface area contributed by atoms with Crippen LogP contribution in [0.1, 0.15) is 19.4 Å². The van der Waals surface area contributed by atoms with Gasteiger partial charge in [0.15, 0.2) is 0 Å². The monoisotopic (exact) mass is 234 g/mol. The maximum absolute atomic E-state index is 13.4. The molecule has 0 radical (unpaired) electrons. The number of carbonyl (C=O) groups is 1. The van der Waals surface area contributed by atoms with Crippen molar-refractivity contribution in [3.8, 4) is 0 Å². The lowest BCUT2D eigenvalue weighted by molar-refractivity contribution is -0.142. The minimum atomic E-state index is -1.57. The molecule has 1 N–H and O–H groups in total. The molecule has 1 aromatic rings. The van der Waals surface area contributed by atoms with Gasteiger partial charge in [0.05, 0.1) is 10.4 Å². The van der Waals surface area contributed by atoms with Gasteiger partial charge in [-0.2, -0.15) is 0 Å². The Morgan fingerprint density at radius 2 is 1.80 bits per heavy atom. The fourth-order valence-corrected chi connectivity index (χ4v) is 1.60. The van der Waals surface area contributed by atoms with Crippen LogP contribution in [0.3, 0.4) is 0 Å². The van der Waals surface area contributed by atoms with Crippen LogP contribution in [0.5, 0.6) is 0 Å². The van der Waals surface area contributed by atoms with Crippen molar-refractivity contribution in [2.45, 2.75) is 19.3 Å². The Kier molecular flexibility index (Phi) is 3.00. The summed E-state index contributed by atoms with van der Waals surface area (Å²) in [4.78, 5) is 10.9. The Hall–Kier alpha value is -1.16. The first-order chi connectivity index (χ1) is 6.78. The van der Waals surface area contributed by atoms with E-state index >= 15 is 0 Å². The van der Waals surface area contributed by atoms with Crippen molar-refractivity contribution in [3.05, 3.63) is 34.4 Å². The van der Waals surface area contributed by atoms with E-state index in [0.717, 1.165) is 12.1 Å². The molecule has 0 heterocycles. The van der Waals surface area contributed by atoms with Gasteiger partial charge in [-0.25, -0.2) is 8.78 Å². The second kappa shape index (κ2) is 3.77. The minimum absolute atomic E-state index is 0.336. The summed E-state index contributed by atoms with van der Waals surface area (Å²) in [6.07, 6.45) is 0. The third kappa shape index (κ3) is 1.95. The number of carboxylic acid groups (broad SMARTS) is 1. The molecule has 0 spiro atoms. The SMILES string of the molecule is CC(C)(C(=O)O)c1c(F)ccc(F)c1Cl. The summed E-state index contributed by atoms with van der Waals surface area (Å²) >= 11 is 5.55. The lowest BCUT2D eigenvalue weighted by Gasteiger charge is -2.21. The van der Waals surface area contributed by atoms with E-state index < -0.39 is 28.0 Å². The van der Waals surface area contributed by atoms with Gasteiger partial charge in [0.2, 0.25) is 0 Å². The molecule has 0 bridgehead atoms. The van der Waals surface area contributed by atoms with Gasteiger partial charge in [0.25, 0.3) is 0 Å². The number of hydrogen-bond acceptors (Lipinski definition) is 1. The molecule has 5 heteroatoms. The number of halogens is 3. The average Bonchev–Trinajstić information content (AvgIpc) is 2.11. The molecule has 0 aliphatic carbocycles. The summed E-state index contributed by atoms with van der Waals surface area (Å²) in [6, 6.07) is 1.72. The van der Waals surface area contributed by atoms with E-state index in [-0.39, 0.29) is 5.56 Å². The molecule has 0 saturated heterocycles. The fourth-order valence-electron chi connectivity index (χ4n) is 1.21. The zero-order valence-corrected chi connectivity index (χ0v) is 8.90. The summed E-state index contributed by atoms with van der Waals surface area (Å²) in [7, 11) is 0. The third-order valence-corrected chi connectivity index (χ3v) is 2.57. The molecule has 0 unspecified atom stereocenters. The van der Waals surface area contributed by atoms with Crippen molar-refractivity contribution in [1.29, 1.82) is 0 Å².